The van der Waals surface area contributed by atoms with Gasteiger partial charge >= 0.3 is 0 Å². The van der Waals surface area contributed by atoms with Crippen LogP contribution in [0.5, 0.6) is 0 Å². The normalized spacial score (nSPS) is 10.9. The predicted octanol–water partition coefficient (Wildman–Crippen LogP) is 2.07. The fourth-order valence-corrected chi connectivity index (χ4v) is 1.11. The van der Waals surface area contributed by atoms with Crippen LogP contribution in [0.15, 0.2) is 23.4 Å². The van der Waals surface area contributed by atoms with Gasteiger partial charge in [-0.25, -0.2) is 4.39 Å². The molecule has 0 radical (unpaired) electrons. The van der Waals surface area contributed by atoms with Crippen LogP contribution in [0.4, 0.5) is 4.39 Å². The van der Waals surface area contributed by atoms with Gasteiger partial charge in [0.25, 0.3) is 0 Å². The summed E-state index contributed by atoms with van der Waals surface area (Å²) in [6.45, 7) is 1.69. The molecule has 1 rings (SSSR count). The molecule has 72 valence electrons. The molecule has 0 aliphatic carbocycles. The Kier molecular flexibility index (Phi) is 3.19. The molecule has 0 fully saturated rings. The second kappa shape index (κ2) is 4.38. The van der Waals surface area contributed by atoms with Crippen LogP contribution in [-0.4, -0.2) is 12.8 Å². The van der Waals surface area contributed by atoms with Crippen LogP contribution in [0.25, 0.3) is 0 Å². The fraction of sp³-hybridized carbons (Fsp3) is 0.200. The van der Waals surface area contributed by atoms with E-state index in [0.717, 1.165) is 0 Å². The maximum absolute atomic E-state index is 12.8. The van der Waals surface area contributed by atoms with E-state index in [9.17, 15) is 4.39 Å². The van der Waals surface area contributed by atoms with Gasteiger partial charge in [0.1, 0.15) is 12.9 Å². The molecule has 0 saturated heterocycles. The lowest BCUT2D eigenvalue weighted by Crippen LogP contribution is -1.99. The highest BCUT2D eigenvalue weighted by molar-refractivity contribution is 6.00. The molecule has 0 aromatic heterocycles. The molecule has 14 heavy (non-hydrogen) atoms. The van der Waals surface area contributed by atoms with Crippen molar-refractivity contribution in [3.8, 4) is 6.07 Å². The molecule has 0 heterocycles. The minimum atomic E-state index is -0.435. The largest absolute Gasteiger partial charge is 0.399 e. The maximum atomic E-state index is 12.8. The van der Waals surface area contributed by atoms with Gasteiger partial charge in [-0.15, -0.1) is 0 Å². The lowest BCUT2D eigenvalue weighted by molar-refractivity contribution is 0.213. The molecule has 1 aromatic rings. The van der Waals surface area contributed by atoms with Gasteiger partial charge in [-0.1, -0.05) is 5.16 Å². The summed E-state index contributed by atoms with van der Waals surface area (Å²) in [5.41, 5.74) is 1.38. The third kappa shape index (κ3) is 2.07. The van der Waals surface area contributed by atoms with Crippen LogP contribution in [0, 0.1) is 17.1 Å². The van der Waals surface area contributed by atoms with E-state index in [2.05, 4.69) is 9.99 Å². The molecule has 4 heteroatoms. The first-order chi connectivity index (χ1) is 6.69. The monoisotopic (exact) mass is 192 g/mol. The van der Waals surface area contributed by atoms with Gasteiger partial charge in [0.2, 0.25) is 0 Å². The second-order valence-corrected chi connectivity index (χ2v) is 2.66. The summed E-state index contributed by atoms with van der Waals surface area (Å²) in [6.07, 6.45) is 0. The first kappa shape index (κ1) is 10.2. The molecule has 0 amide bonds. The van der Waals surface area contributed by atoms with Crippen molar-refractivity contribution in [1.29, 1.82) is 5.26 Å². The van der Waals surface area contributed by atoms with Gasteiger partial charge in [0.15, 0.2) is 0 Å². The minimum absolute atomic E-state index is 0.253. The molecule has 1 aromatic carbocycles. The van der Waals surface area contributed by atoms with Crippen LogP contribution >= 0.6 is 0 Å². The summed E-state index contributed by atoms with van der Waals surface area (Å²) in [5.74, 6) is -0.435. The average Bonchev–Trinajstić information content (AvgIpc) is 2.17. The first-order valence-corrected chi connectivity index (χ1v) is 3.97. The molecule has 0 saturated carbocycles. The van der Waals surface area contributed by atoms with Gasteiger partial charge in [0, 0.05) is 5.56 Å². The lowest BCUT2D eigenvalue weighted by Gasteiger charge is -2.02. The summed E-state index contributed by atoms with van der Waals surface area (Å²) in [7, 11) is 1.42. The van der Waals surface area contributed by atoms with Crippen molar-refractivity contribution >= 4 is 5.71 Å². The van der Waals surface area contributed by atoms with E-state index in [1.54, 1.807) is 6.92 Å². The van der Waals surface area contributed by atoms with Crippen molar-refractivity contribution < 1.29 is 9.23 Å². The number of nitriles is 1. The molecular weight excluding hydrogens is 183 g/mol. The standard InChI is InChI=1S/C10H9FN2O/c1-7(13-14-2)10-4-3-9(11)5-8(10)6-12/h3-5H,1-2H3/b13-7+. The Hall–Kier alpha value is -1.89. The van der Waals surface area contributed by atoms with Crippen molar-refractivity contribution in [3.63, 3.8) is 0 Å². The highest BCUT2D eigenvalue weighted by atomic mass is 19.1. The summed E-state index contributed by atoms with van der Waals surface area (Å²) in [5, 5.41) is 12.4. The molecule has 3 nitrogen and oxygen atoms in total. The van der Waals surface area contributed by atoms with E-state index in [0.29, 0.717) is 11.3 Å². The van der Waals surface area contributed by atoms with Gasteiger partial charge in [0.05, 0.1) is 17.3 Å². The van der Waals surface area contributed by atoms with Crippen LogP contribution in [0.3, 0.4) is 0 Å². The number of halogens is 1. The molecule has 0 aliphatic heterocycles. The van der Waals surface area contributed by atoms with Crippen molar-refractivity contribution in [2.45, 2.75) is 6.92 Å². The van der Waals surface area contributed by atoms with E-state index in [1.165, 1.54) is 25.3 Å². The number of rotatable bonds is 2. The van der Waals surface area contributed by atoms with Crippen LogP contribution in [-0.2, 0) is 4.84 Å². The molecule has 0 unspecified atom stereocenters. The average molecular weight is 192 g/mol. The zero-order valence-electron chi connectivity index (χ0n) is 7.91. The Morgan fingerprint density at radius 3 is 2.86 bits per heavy atom. The van der Waals surface area contributed by atoms with E-state index < -0.39 is 5.82 Å². The number of benzene rings is 1. The molecule has 0 N–H and O–H groups in total. The Morgan fingerprint density at radius 2 is 2.29 bits per heavy atom. The van der Waals surface area contributed by atoms with Crippen molar-refractivity contribution in [2.75, 3.05) is 7.11 Å². The van der Waals surface area contributed by atoms with E-state index >= 15 is 0 Å². The fourth-order valence-electron chi connectivity index (χ4n) is 1.11. The molecular formula is C10H9FN2O. The maximum Gasteiger partial charge on any atom is 0.124 e. The third-order valence-corrected chi connectivity index (χ3v) is 1.72. The highest BCUT2D eigenvalue weighted by Crippen LogP contribution is 2.11. The van der Waals surface area contributed by atoms with E-state index in [4.69, 9.17) is 5.26 Å². The quantitative estimate of drug-likeness (QED) is 0.531. The topological polar surface area (TPSA) is 45.4 Å². The summed E-state index contributed by atoms with van der Waals surface area (Å²) in [4.78, 5) is 4.57. The zero-order valence-corrected chi connectivity index (χ0v) is 7.91. The van der Waals surface area contributed by atoms with Crippen molar-refractivity contribution in [3.05, 3.63) is 35.1 Å². The Balaban J connectivity index is 3.22. The Labute approximate surface area is 81.4 Å². The molecule has 0 aliphatic rings. The summed E-state index contributed by atoms with van der Waals surface area (Å²) < 4.78 is 12.8. The van der Waals surface area contributed by atoms with Gasteiger partial charge in [-0.3, -0.25) is 0 Å². The van der Waals surface area contributed by atoms with Gasteiger partial charge in [-0.05, 0) is 25.1 Å². The number of hydrogen-bond donors (Lipinski definition) is 0. The molecule has 0 spiro atoms. The number of hydrogen-bond acceptors (Lipinski definition) is 3. The number of oxime groups is 1. The summed E-state index contributed by atoms with van der Waals surface area (Å²) >= 11 is 0. The van der Waals surface area contributed by atoms with Crippen LogP contribution < -0.4 is 0 Å². The Morgan fingerprint density at radius 1 is 1.57 bits per heavy atom. The van der Waals surface area contributed by atoms with Crippen molar-refractivity contribution in [2.24, 2.45) is 5.16 Å². The SMILES string of the molecule is CO/N=C(\C)c1ccc(F)cc1C#N. The summed E-state index contributed by atoms with van der Waals surface area (Å²) in [6, 6.07) is 5.86. The van der Waals surface area contributed by atoms with Gasteiger partial charge < -0.3 is 4.84 Å². The zero-order chi connectivity index (χ0) is 10.6. The third-order valence-electron chi connectivity index (χ3n) is 1.72. The first-order valence-electron chi connectivity index (χ1n) is 3.97. The molecule has 0 bridgehead atoms. The van der Waals surface area contributed by atoms with Crippen molar-refractivity contribution in [1.82, 2.24) is 0 Å². The minimum Gasteiger partial charge on any atom is -0.399 e. The van der Waals surface area contributed by atoms with Crippen LogP contribution in [0.1, 0.15) is 18.1 Å². The van der Waals surface area contributed by atoms with Crippen LogP contribution in [0.2, 0.25) is 0 Å². The number of nitrogens with zero attached hydrogens (tertiary/aromatic N) is 2. The van der Waals surface area contributed by atoms with E-state index in [1.807, 2.05) is 6.07 Å². The lowest BCUT2D eigenvalue weighted by atomic mass is 10.1. The Bertz CT molecular complexity index is 407. The highest BCUT2D eigenvalue weighted by Gasteiger charge is 2.06. The molecule has 0 atom stereocenters. The smallest absolute Gasteiger partial charge is 0.124 e. The second-order valence-electron chi connectivity index (χ2n) is 2.66. The van der Waals surface area contributed by atoms with E-state index in [-0.39, 0.29) is 5.56 Å². The predicted molar refractivity (Wildman–Crippen MR) is 50.3 cm³/mol. The van der Waals surface area contributed by atoms with Gasteiger partial charge in [-0.2, -0.15) is 5.26 Å².